The van der Waals surface area contributed by atoms with Crippen LogP contribution in [0.25, 0.3) is 11.5 Å². The average Bonchev–Trinajstić information content (AvgIpc) is 2.90. The van der Waals surface area contributed by atoms with Crippen LogP contribution in [0, 0.1) is 6.92 Å². The number of aryl methyl sites for hydroxylation is 1. The standard InChI is InChI=1S/C19H26N4O2/c1-14-22-19(25-23-14)17-11-7-6-10-16(17)18(24)21-13-12-20-15-8-4-2-3-5-9-15/h6-7,10-11,15,20H,2-5,8-9,12-13H2,1H3,(H,21,24). The van der Waals surface area contributed by atoms with E-state index in [0.717, 1.165) is 6.54 Å². The van der Waals surface area contributed by atoms with E-state index < -0.39 is 0 Å². The molecule has 1 heterocycles. The van der Waals surface area contributed by atoms with E-state index in [2.05, 4.69) is 20.8 Å². The zero-order valence-corrected chi connectivity index (χ0v) is 14.8. The molecule has 134 valence electrons. The maximum Gasteiger partial charge on any atom is 0.258 e. The summed E-state index contributed by atoms with van der Waals surface area (Å²) in [6.07, 6.45) is 7.80. The molecule has 0 saturated heterocycles. The highest BCUT2D eigenvalue weighted by Crippen LogP contribution is 2.21. The Balaban J connectivity index is 1.53. The molecule has 0 unspecified atom stereocenters. The van der Waals surface area contributed by atoms with E-state index in [1.165, 1.54) is 38.5 Å². The summed E-state index contributed by atoms with van der Waals surface area (Å²) >= 11 is 0. The van der Waals surface area contributed by atoms with Crippen LogP contribution in [0.15, 0.2) is 28.8 Å². The number of benzene rings is 1. The Bertz CT molecular complexity index is 690. The molecule has 6 nitrogen and oxygen atoms in total. The van der Waals surface area contributed by atoms with Crippen molar-refractivity contribution in [3.8, 4) is 11.5 Å². The van der Waals surface area contributed by atoms with Gasteiger partial charge in [0.25, 0.3) is 11.8 Å². The molecule has 1 saturated carbocycles. The Kier molecular flexibility index (Phi) is 6.17. The van der Waals surface area contributed by atoms with Crippen LogP contribution in [-0.4, -0.2) is 35.2 Å². The van der Waals surface area contributed by atoms with Crippen LogP contribution in [-0.2, 0) is 0 Å². The number of nitrogens with zero attached hydrogens (tertiary/aromatic N) is 2. The Labute approximate surface area is 148 Å². The fourth-order valence-electron chi connectivity index (χ4n) is 3.31. The number of rotatable bonds is 6. The monoisotopic (exact) mass is 342 g/mol. The van der Waals surface area contributed by atoms with Gasteiger partial charge in [-0.1, -0.05) is 43.0 Å². The first-order valence-electron chi connectivity index (χ1n) is 9.15. The third-order valence-corrected chi connectivity index (χ3v) is 4.63. The summed E-state index contributed by atoms with van der Waals surface area (Å²) in [5, 5.41) is 10.3. The van der Waals surface area contributed by atoms with Crippen LogP contribution in [0.3, 0.4) is 0 Å². The lowest BCUT2D eigenvalue weighted by Crippen LogP contribution is -2.37. The van der Waals surface area contributed by atoms with E-state index in [1.807, 2.05) is 18.2 Å². The van der Waals surface area contributed by atoms with Crippen molar-refractivity contribution in [2.24, 2.45) is 0 Å². The minimum Gasteiger partial charge on any atom is -0.351 e. The zero-order valence-electron chi connectivity index (χ0n) is 14.8. The van der Waals surface area contributed by atoms with Crippen molar-refractivity contribution in [1.29, 1.82) is 0 Å². The van der Waals surface area contributed by atoms with Gasteiger partial charge in [0.1, 0.15) is 0 Å². The highest BCUT2D eigenvalue weighted by molar-refractivity contribution is 5.99. The van der Waals surface area contributed by atoms with Gasteiger partial charge in [-0.25, -0.2) is 0 Å². The summed E-state index contributed by atoms with van der Waals surface area (Å²) < 4.78 is 5.20. The first-order valence-corrected chi connectivity index (χ1v) is 9.15. The number of carbonyl (C=O) groups excluding carboxylic acids is 1. The Morgan fingerprint density at radius 2 is 1.92 bits per heavy atom. The first-order chi connectivity index (χ1) is 12.2. The van der Waals surface area contributed by atoms with E-state index in [4.69, 9.17) is 4.52 Å². The second-order valence-electron chi connectivity index (χ2n) is 6.59. The van der Waals surface area contributed by atoms with Crippen LogP contribution >= 0.6 is 0 Å². The normalized spacial score (nSPS) is 15.7. The summed E-state index contributed by atoms with van der Waals surface area (Å²) in [5.74, 6) is 0.812. The molecule has 25 heavy (non-hydrogen) atoms. The van der Waals surface area contributed by atoms with E-state index in [-0.39, 0.29) is 5.91 Å². The lowest BCUT2D eigenvalue weighted by Gasteiger charge is -2.16. The van der Waals surface area contributed by atoms with Gasteiger partial charge in [-0.2, -0.15) is 4.98 Å². The summed E-state index contributed by atoms with van der Waals surface area (Å²) in [6.45, 7) is 3.15. The molecule has 0 aliphatic heterocycles. The SMILES string of the molecule is Cc1noc(-c2ccccc2C(=O)NCCNC2CCCCCC2)n1. The minimum atomic E-state index is -0.117. The zero-order chi connectivity index (χ0) is 17.5. The molecule has 3 rings (SSSR count). The summed E-state index contributed by atoms with van der Waals surface area (Å²) in [6, 6.07) is 7.90. The predicted molar refractivity (Wildman–Crippen MR) is 96.3 cm³/mol. The molecule has 1 aromatic heterocycles. The fraction of sp³-hybridized carbons (Fsp3) is 0.526. The quantitative estimate of drug-likeness (QED) is 0.623. The highest BCUT2D eigenvalue weighted by Gasteiger charge is 2.16. The van der Waals surface area contributed by atoms with E-state index in [1.54, 1.807) is 13.0 Å². The summed E-state index contributed by atoms with van der Waals surface area (Å²) in [4.78, 5) is 16.7. The topological polar surface area (TPSA) is 80.0 Å². The maximum atomic E-state index is 12.5. The molecule has 0 spiro atoms. The first kappa shape index (κ1) is 17.6. The molecule has 1 fully saturated rings. The van der Waals surface area contributed by atoms with Crippen LogP contribution < -0.4 is 10.6 Å². The van der Waals surface area contributed by atoms with Gasteiger partial charge >= 0.3 is 0 Å². The van der Waals surface area contributed by atoms with E-state index in [0.29, 0.717) is 35.4 Å². The van der Waals surface area contributed by atoms with Gasteiger partial charge in [-0.05, 0) is 31.9 Å². The minimum absolute atomic E-state index is 0.117. The number of nitrogens with one attached hydrogen (secondary N) is 2. The second kappa shape index (κ2) is 8.76. The Morgan fingerprint density at radius 3 is 2.64 bits per heavy atom. The molecule has 1 amide bonds. The summed E-state index contributed by atoms with van der Waals surface area (Å²) in [7, 11) is 0. The molecule has 2 N–H and O–H groups in total. The number of aromatic nitrogens is 2. The largest absolute Gasteiger partial charge is 0.351 e. The van der Waals surface area contributed by atoms with Crippen molar-refractivity contribution < 1.29 is 9.32 Å². The lowest BCUT2D eigenvalue weighted by molar-refractivity contribution is 0.0954. The van der Waals surface area contributed by atoms with E-state index >= 15 is 0 Å². The van der Waals surface area contributed by atoms with Gasteiger partial charge in [0.05, 0.1) is 11.1 Å². The van der Waals surface area contributed by atoms with Crippen molar-refractivity contribution >= 4 is 5.91 Å². The van der Waals surface area contributed by atoms with Gasteiger partial charge in [0.2, 0.25) is 0 Å². The smallest absolute Gasteiger partial charge is 0.258 e. The predicted octanol–water partition coefficient (Wildman–Crippen LogP) is 3.09. The molecule has 1 aliphatic carbocycles. The molecule has 0 atom stereocenters. The fourth-order valence-corrected chi connectivity index (χ4v) is 3.31. The molecule has 0 radical (unpaired) electrons. The third kappa shape index (κ3) is 4.89. The lowest BCUT2D eigenvalue weighted by atomic mass is 10.1. The molecule has 1 aromatic carbocycles. The van der Waals surface area contributed by atoms with Crippen molar-refractivity contribution in [3.05, 3.63) is 35.7 Å². The van der Waals surface area contributed by atoms with Crippen molar-refractivity contribution in [2.45, 2.75) is 51.5 Å². The number of carbonyl (C=O) groups is 1. The van der Waals surface area contributed by atoms with Crippen LogP contribution in [0.5, 0.6) is 0 Å². The van der Waals surface area contributed by atoms with Crippen molar-refractivity contribution in [1.82, 2.24) is 20.8 Å². The van der Waals surface area contributed by atoms with Gasteiger partial charge in [0.15, 0.2) is 5.82 Å². The van der Waals surface area contributed by atoms with Gasteiger partial charge in [-0.3, -0.25) is 4.79 Å². The molecular weight excluding hydrogens is 316 g/mol. The molecule has 0 bridgehead atoms. The van der Waals surface area contributed by atoms with Crippen LogP contribution in [0.4, 0.5) is 0 Å². The van der Waals surface area contributed by atoms with Crippen LogP contribution in [0.2, 0.25) is 0 Å². The highest BCUT2D eigenvalue weighted by atomic mass is 16.5. The van der Waals surface area contributed by atoms with Gasteiger partial charge in [0, 0.05) is 19.1 Å². The van der Waals surface area contributed by atoms with Crippen molar-refractivity contribution in [3.63, 3.8) is 0 Å². The van der Waals surface area contributed by atoms with Gasteiger partial charge < -0.3 is 15.2 Å². The van der Waals surface area contributed by atoms with E-state index in [9.17, 15) is 4.79 Å². The van der Waals surface area contributed by atoms with Crippen molar-refractivity contribution in [2.75, 3.05) is 13.1 Å². The summed E-state index contributed by atoms with van der Waals surface area (Å²) in [5.41, 5.74) is 1.22. The molecule has 1 aliphatic rings. The van der Waals surface area contributed by atoms with Gasteiger partial charge in [-0.15, -0.1) is 0 Å². The number of amides is 1. The molecule has 2 aromatic rings. The molecule has 6 heteroatoms. The second-order valence-corrected chi connectivity index (χ2v) is 6.59. The third-order valence-electron chi connectivity index (χ3n) is 4.63. The maximum absolute atomic E-state index is 12.5. The average molecular weight is 342 g/mol. The molecular formula is C19H26N4O2. The Morgan fingerprint density at radius 1 is 1.16 bits per heavy atom. The number of hydrogen-bond donors (Lipinski definition) is 2. The number of hydrogen-bond acceptors (Lipinski definition) is 5. The Hall–Kier alpha value is -2.21. The van der Waals surface area contributed by atoms with Crippen LogP contribution in [0.1, 0.15) is 54.7 Å².